The second-order valence-corrected chi connectivity index (χ2v) is 3.74. The Morgan fingerprint density at radius 3 is 2.67 bits per heavy atom. The van der Waals surface area contributed by atoms with Gasteiger partial charge in [-0.2, -0.15) is 4.98 Å². The van der Waals surface area contributed by atoms with Crippen LogP contribution in [-0.4, -0.2) is 20.8 Å². The van der Waals surface area contributed by atoms with Crippen LogP contribution in [0.5, 0.6) is 11.6 Å². The normalized spacial score (nSPS) is 9.95. The summed E-state index contributed by atoms with van der Waals surface area (Å²) in [5.41, 5.74) is 6.79. The molecule has 0 radical (unpaired) electrons. The molecule has 0 bridgehead atoms. The number of nitro groups is 1. The summed E-state index contributed by atoms with van der Waals surface area (Å²) in [6.07, 6.45) is 1.03. The van der Waals surface area contributed by atoms with E-state index >= 15 is 0 Å². The van der Waals surface area contributed by atoms with E-state index in [1.54, 1.807) is 12.1 Å². The molecular formula is C11H10N6O4. The quantitative estimate of drug-likeness (QED) is 0.409. The minimum atomic E-state index is -0.753. The van der Waals surface area contributed by atoms with Gasteiger partial charge in [-0.1, -0.05) is 12.1 Å². The van der Waals surface area contributed by atoms with Crippen molar-refractivity contribution in [1.82, 2.24) is 9.97 Å². The van der Waals surface area contributed by atoms with Gasteiger partial charge >= 0.3 is 11.6 Å². The molecule has 0 aliphatic carbocycles. The van der Waals surface area contributed by atoms with Gasteiger partial charge in [0.15, 0.2) is 0 Å². The molecule has 0 atom stereocenters. The highest BCUT2D eigenvalue weighted by Gasteiger charge is 2.25. The van der Waals surface area contributed by atoms with Gasteiger partial charge in [0.2, 0.25) is 5.82 Å². The van der Waals surface area contributed by atoms with E-state index in [9.17, 15) is 14.9 Å². The smallest absolute Gasteiger partial charge is 0.374 e. The average Bonchev–Trinajstić information content (AvgIpc) is 2.47. The number of hydrogen-bond donors (Lipinski definition) is 3. The lowest BCUT2D eigenvalue weighted by molar-refractivity contribution is -0.385. The van der Waals surface area contributed by atoms with E-state index in [-0.39, 0.29) is 23.0 Å². The summed E-state index contributed by atoms with van der Waals surface area (Å²) < 4.78 is 5.32. The van der Waals surface area contributed by atoms with Crippen molar-refractivity contribution in [2.45, 2.75) is 0 Å². The highest BCUT2D eigenvalue weighted by Crippen LogP contribution is 2.34. The molecule has 0 unspecified atom stereocenters. The van der Waals surface area contributed by atoms with Gasteiger partial charge in [0.05, 0.1) is 10.5 Å². The number of rotatable bonds is 5. The number of hydrogen-bond acceptors (Lipinski definition) is 8. The number of nitrogens with one attached hydrogen (secondary N) is 1. The molecule has 10 heteroatoms. The third-order valence-electron chi connectivity index (χ3n) is 2.47. The van der Waals surface area contributed by atoms with Crippen LogP contribution in [0.25, 0.3) is 0 Å². The molecule has 5 N–H and O–H groups in total. The Hall–Kier alpha value is -3.27. The number of amides is 1. The van der Waals surface area contributed by atoms with Crippen LogP contribution in [0.3, 0.4) is 0 Å². The van der Waals surface area contributed by atoms with Crippen molar-refractivity contribution < 1.29 is 14.5 Å². The van der Waals surface area contributed by atoms with Crippen molar-refractivity contribution in [3.8, 4) is 11.6 Å². The molecule has 1 heterocycles. The summed E-state index contributed by atoms with van der Waals surface area (Å²) >= 11 is 0. The predicted molar refractivity (Wildman–Crippen MR) is 71.5 cm³/mol. The van der Waals surface area contributed by atoms with Gasteiger partial charge in [-0.05, 0) is 12.1 Å². The largest absolute Gasteiger partial charge is 0.433 e. The Kier molecular flexibility index (Phi) is 3.90. The van der Waals surface area contributed by atoms with Crippen molar-refractivity contribution in [2.24, 2.45) is 11.6 Å². The Labute approximate surface area is 117 Å². The molecule has 2 rings (SSSR count). The molecule has 0 fully saturated rings. The van der Waals surface area contributed by atoms with Crippen molar-refractivity contribution >= 4 is 17.4 Å². The fourth-order valence-corrected chi connectivity index (χ4v) is 1.57. The standard InChI is InChI=1S/C11H10N6O4/c12-9(18)6-3-1-2-4-7(6)21-11-8(17(19)20)10(16-13)14-5-15-11/h1-5H,13H2,(H2,12,18)(H,14,15,16). The van der Waals surface area contributed by atoms with Gasteiger partial charge in [0, 0.05) is 0 Å². The molecule has 1 aromatic carbocycles. The minimum absolute atomic E-state index is 0.0368. The van der Waals surface area contributed by atoms with Crippen LogP contribution in [0, 0.1) is 10.1 Å². The van der Waals surface area contributed by atoms with E-state index in [4.69, 9.17) is 16.3 Å². The van der Waals surface area contributed by atoms with E-state index < -0.39 is 16.5 Å². The van der Waals surface area contributed by atoms with E-state index in [0.717, 1.165) is 6.33 Å². The Bertz CT molecular complexity index is 705. The second-order valence-electron chi connectivity index (χ2n) is 3.74. The topological polar surface area (TPSA) is 159 Å². The maximum Gasteiger partial charge on any atom is 0.374 e. The molecule has 0 saturated carbocycles. The lowest BCUT2D eigenvalue weighted by Gasteiger charge is -2.09. The number of carbonyl (C=O) groups is 1. The predicted octanol–water partition coefficient (Wildman–Crippen LogP) is 0.562. The van der Waals surface area contributed by atoms with Crippen molar-refractivity contribution in [2.75, 3.05) is 5.43 Å². The summed E-state index contributed by atoms with van der Waals surface area (Å²) in [5.74, 6) is 3.87. The number of para-hydroxylation sites is 1. The van der Waals surface area contributed by atoms with Gasteiger partial charge in [0.1, 0.15) is 12.1 Å². The monoisotopic (exact) mass is 290 g/mol. The molecule has 1 amide bonds. The molecule has 108 valence electrons. The Morgan fingerprint density at radius 2 is 2.05 bits per heavy atom. The van der Waals surface area contributed by atoms with Gasteiger partial charge < -0.3 is 15.9 Å². The fraction of sp³-hybridized carbons (Fsp3) is 0. The van der Waals surface area contributed by atoms with Crippen LogP contribution >= 0.6 is 0 Å². The van der Waals surface area contributed by atoms with Gasteiger partial charge in [-0.15, -0.1) is 0 Å². The van der Waals surface area contributed by atoms with Crippen molar-refractivity contribution in [3.05, 3.63) is 46.3 Å². The third-order valence-corrected chi connectivity index (χ3v) is 2.47. The number of nitrogen functional groups attached to an aromatic ring is 1. The average molecular weight is 290 g/mol. The first-order valence-corrected chi connectivity index (χ1v) is 5.57. The van der Waals surface area contributed by atoms with Crippen molar-refractivity contribution in [3.63, 3.8) is 0 Å². The van der Waals surface area contributed by atoms with E-state index in [0.29, 0.717) is 0 Å². The van der Waals surface area contributed by atoms with Gasteiger partial charge in [-0.3, -0.25) is 14.9 Å². The number of hydrazine groups is 1. The first kappa shape index (κ1) is 14.1. The van der Waals surface area contributed by atoms with Crippen LogP contribution in [-0.2, 0) is 0 Å². The first-order valence-electron chi connectivity index (χ1n) is 5.57. The van der Waals surface area contributed by atoms with E-state index in [1.165, 1.54) is 12.1 Å². The maximum absolute atomic E-state index is 11.3. The second kappa shape index (κ2) is 5.79. The lowest BCUT2D eigenvalue weighted by Crippen LogP contribution is -2.14. The van der Waals surface area contributed by atoms with E-state index in [1.807, 2.05) is 0 Å². The number of benzene rings is 1. The molecule has 0 spiro atoms. The summed E-state index contributed by atoms with van der Waals surface area (Å²) in [6, 6.07) is 6.01. The third kappa shape index (κ3) is 2.84. The summed E-state index contributed by atoms with van der Waals surface area (Å²) in [4.78, 5) is 28.9. The molecule has 0 aliphatic rings. The Balaban J connectivity index is 2.50. The van der Waals surface area contributed by atoms with E-state index in [2.05, 4.69) is 15.4 Å². The fourth-order valence-electron chi connectivity index (χ4n) is 1.57. The molecule has 2 aromatic rings. The SMILES string of the molecule is NNc1ncnc(Oc2ccccc2C(N)=O)c1[N+](=O)[O-]. The molecule has 0 aliphatic heterocycles. The zero-order valence-corrected chi connectivity index (χ0v) is 10.5. The van der Waals surface area contributed by atoms with Gasteiger partial charge in [-0.25, -0.2) is 10.8 Å². The molecular weight excluding hydrogens is 280 g/mol. The highest BCUT2D eigenvalue weighted by molar-refractivity contribution is 5.95. The number of carbonyl (C=O) groups excluding carboxylic acids is 1. The number of anilines is 1. The van der Waals surface area contributed by atoms with Crippen LogP contribution in [0.15, 0.2) is 30.6 Å². The van der Waals surface area contributed by atoms with Crippen LogP contribution < -0.4 is 21.7 Å². The van der Waals surface area contributed by atoms with Crippen LogP contribution in [0.4, 0.5) is 11.5 Å². The zero-order chi connectivity index (χ0) is 15.4. The number of ether oxygens (including phenoxy) is 1. The zero-order valence-electron chi connectivity index (χ0n) is 10.5. The van der Waals surface area contributed by atoms with Gasteiger partial charge in [0.25, 0.3) is 5.91 Å². The molecule has 21 heavy (non-hydrogen) atoms. The summed E-state index contributed by atoms with van der Waals surface area (Å²) in [6.45, 7) is 0. The minimum Gasteiger partial charge on any atom is -0.433 e. The summed E-state index contributed by atoms with van der Waals surface area (Å²) in [5, 5.41) is 11.1. The first-order chi connectivity index (χ1) is 10.0. The molecule has 1 aromatic heterocycles. The highest BCUT2D eigenvalue weighted by atomic mass is 16.6. The Morgan fingerprint density at radius 1 is 1.33 bits per heavy atom. The number of primary amides is 1. The number of nitrogens with two attached hydrogens (primary N) is 2. The number of nitrogens with zero attached hydrogens (tertiary/aromatic N) is 3. The molecule has 0 saturated heterocycles. The number of aromatic nitrogens is 2. The lowest BCUT2D eigenvalue weighted by atomic mass is 10.2. The van der Waals surface area contributed by atoms with Crippen molar-refractivity contribution in [1.29, 1.82) is 0 Å². The maximum atomic E-state index is 11.3. The molecule has 10 nitrogen and oxygen atoms in total. The summed E-state index contributed by atoms with van der Waals surface area (Å²) in [7, 11) is 0. The van der Waals surface area contributed by atoms with Crippen LogP contribution in [0.2, 0.25) is 0 Å². The van der Waals surface area contributed by atoms with Crippen LogP contribution in [0.1, 0.15) is 10.4 Å².